The van der Waals surface area contributed by atoms with E-state index in [0.29, 0.717) is 0 Å². The third kappa shape index (κ3) is 3.19. The Morgan fingerprint density at radius 3 is 2.56 bits per heavy atom. The van der Waals surface area contributed by atoms with Gasteiger partial charge in [-0.2, -0.15) is 0 Å². The fourth-order valence-electron chi connectivity index (χ4n) is 3.17. The summed E-state index contributed by atoms with van der Waals surface area (Å²) in [6.45, 7) is 3.15. The molecule has 0 spiro atoms. The maximum absolute atomic E-state index is 5.47. The molecular formula is C13H26N2O. The van der Waals surface area contributed by atoms with Crippen molar-refractivity contribution in [3.05, 3.63) is 0 Å². The molecule has 2 saturated heterocycles. The van der Waals surface area contributed by atoms with Crippen molar-refractivity contribution in [1.29, 1.82) is 0 Å². The van der Waals surface area contributed by atoms with Gasteiger partial charge in [-0.25, -0.2) is 0 Å². The third-order valence-electron chi connectivity index (χ3n) is 4.16. The van der Waals surface area contributed by atoms with E-state index in [1.165, 1.54) is 38.6 Å². The first kappa shape index (κ1) is 12.3. The lowest BCUT2D eigenvalue weighted by molar-refractivity contribution is 0.0327. The van der Waals surface area contributed by atoms with Crippen LogP contribution in [-0.4, -0.2) is 50.8 Å². The number of hydrogen-bond donors (Lipinski definition) is 1. The van der Waals surface area contributed by atoms with Crippen LogP contribution >= 0.6 is 0 Å². The maximum Gasteiger partial charge on any atom is 0.0469 e. The average molecular weight is 226 g/mol. The summed E-state index contributed by atoms with van der Waals surface area (Å²) in [6, 6.07) is 1.50. The normalized spacial score (nSPS) is 29.8. The second-order valence-electron chi connectivity index (χ2n) is 5.51. The molecule has 2 fully saturated rings. The molecule has 0 aromatic rings. The summed E-state index contributed by atoms with van der Waals surface area (Å²) in [5.41, 5.74) is 0. The van der Waals surface area contributed by atoms with Gasteiger partial charge in [-0.3, -0.25) is 0 Å². The van der Waals surface area contributed by atoms with Crippen LogP contribution in [0.15, 0.2) is 0 Å². The Morgan fingerprint density at radius 1 is 1.25 bits per heavy atom. The van der Waals surface area contributed by atoms with Gasteiger partial charge in [0.05, 0.1) is 0 Å². The Bertz CT molecular complexity index is 196. The fourth-order valence-corrected chi connectivity index (χ4v) is 3.17. The molecule has 0 amide bonds. The molecule has 3 heteroatoms. The molecule has 1 N–H and O–H groups in total. The molecule has 2 aliphatic rings. The minimum atomic E-state index is 0.736. The highest BCUT2D eigenvalue weighted by Crippen LogP contribution is 2.26. The highest BCUT2D eigenvalue weighted by Gasteiger charge is 2.28. The van der Waals surface area contributed by atoms with Crippen LogP contribution in [0.3, 0.4) is 0 Å². The predicted molar refractivity (Wildman–Crippen MR) is 66.7 cm³/mol. The van der Waals surface area contributed by atoms with Crippen LogP contribution < -0.4 is 5.32 Å². The van der Waals surface area contributed by atoms with E-state index >= 15 is 0 Å². The van der Waals surface area contributed by atoms with Crippen LogP contribution in [0, 0.1) is 5.92 Å². The number of ether oxygens (including phenoxy) is 1. The minimum absolute atomic E-state index is 0.736. The Balaban J connectivity index is 1.87. The first-order valence-corrected chi connectivity index (χ1v) is 6.75. The monoisotopic (exact) mass is 226 g/mol. The molecule has 3 nitrogen and oxygen atoms in total. The van der Waals surface area contributed by atoms with Crippen molar-refractivity contribution in [2.24, 2.45) is 5.92 Å². The van der Waals surface area contributed by atoms with Crippen molar-refractivity contribution < 1.29 is 4.74 Å². The second kappa shape index (κ2) is 5.99. The lowest BCUT2D eigenvalue weighted by Crippen LogP contribution is -2.42. The van der Waals surface area contributed by atoms with Gasteiger partial charge in [0.2, 0.25) is 0 Å². The standard InChI is InChI=1S/C13H26N2O/c1-15(2)13(10-12-4-3-7-14-12)11-5-8-16-9-6-11/h11-14H,3-10H2,1-2H3. The molecule has 0 aromatic carbocycles. The third-order valence-corrected chi connectivity index (χ3v) is 4.16. The van der Waals surface area contributed by atoms with E-state index in [9.17, 15) is 0 Å². The summed E-state index contributed by atoms with van der Waals surface area (Å²) < 4.78 is 5.47. The summed E-state index contributed by atoms with van der Waals surface area (Å²) in [5.74, 6) is 0.839. The van der Waals surface area contributed by atoms with E-state index in [4.69, 9.17) is 4.74 Å². The van der Waals surface area contributed by atoms with Crippen LogP contribution in [0.1, 0.15) is 32.1 Å². The van der Waals surface area contributed by atoms with Crippen molar-refractivity contribution in [3.63, 3.8) is 0 Å². The molecule has 2 heterocycles. The van der Waals surface area contributed by atoms with E-state index in [1.807, 2.05) is 0 Å². The summed E-state index contributed by atoms with van der Waals surface area (Å²) in [6.07, 6.45) is 6.54. The second-order valence-corrected chi connectivity index (χ2v) is 5.51. The zero-order chi connectivity index (χ0) is 11.4. The Hall–Kier alpha value is -0.120. The molecule has 94 valence electrons. The van der Waals surface area contributed by atoms with Gasteiger partial charge < -0.3 is 15.0 Å². The van der Waals surface area contributed by atoms with E-state index in [-0.39, 0.29) is 0 Å². The molecule has 0 saturated carbocycles. The molecule has 0 bridgehead atoms. The van der Waals surface area contributed by atoms with Crippen LogP contribution in [0.4, 0.5) is 0 Å². The SMILES string of the molecule is CN(C)C(CC1CCCN1)C1CCOCC1. The lowest BCUT2D eigenvalue weighted by Gasteiger charge is -2.36. The summed E-state index contributed by atoms with van der Waals surface area (Å²) in [7, 11) is 4.46. The predicted octanol–water partition coefficient (Wildman–Crippen LogP) is 1.49. The number of nitrogens with zero attached hydrogens (tertiary/aromatic N) is 1. The molecule has 2 aliphatic heterocycles. The van der Waals surface area contributed by atoms with E-state index in [1.54, 1.807) is 0 Å². The molecule has 0 aliphatic carbocycles. The summed E-state index contributed by atoms with van der Waals surface area (Å²) in [4.78, 5) is 2.43. The van der Waals surface area contributed by atoms with E-state index < -0.39 is 0 Å². The van der Waals surface area contributed by atoms with Gasteiger partial charge in [0.1, 0.15) is 0 Å². The highest BCUT2D eigenvalue weighted by molar-refractivity contribution is 4.85. The number of nitrogens with one attached hydrogen (secondary N) is 1. The highest BCUT2D eigenvalue weighted by atomic mass is 16.5. The summed E-state index contributed by atoms with van der Waals surface area (Å²) in [5, 5.41) is 3.62. The molecule has 2 atom stereocenters. The van der Waals surface area contributed by atoms with Crippen LogP contribution in [-0.2, 0) is 4.74 Å². The molecular weight excluding hydrogens is 200 g/mol. The summed E-state index contributed by atoms with van der Waals surface area (Å²) >= 11 is 0. The lowest BCUT2D eigenvalue weighted by atomic mass is 9.86. The molecule has 0 aromatic heterocycles. The van der Waals surface area contributed by atoms with Gasteiger partial charge in [0, 0.05) is 25.3 Å². The zero-order valence-electron chi connectivity index (χ0n) is 10.7. The Morgan fingerprint density at radius 2 is 2.00 bits per heavy atom. The van der Waals surface area contributed by atoms with Crippen molar-refractivity contribution in [2.45, 2.75) is 44.2 Å². The minimum Gasteiger partial charge on any atom is -0.381 e. The van der Waals surface area contributed by atoms with Crippen molar-refractivity contribution in [3.8, 4) is 0 Å². The smallest absolute Gasteiger partial charge is 0.0469 e. The molecule has 0 radical (unpaired) electrons. The van der Waals surface area contributed by atoms with Gasteiger partial charge in [-0.05, 0) is 58.7 Å². The van der Waals surface area contributed by atoms with Crippen LogP contribution in [0.2, 0.25) is 0 Å². The van der Waals surface area contributed by atoms with Gasteiger partial charge in [0.25, 0.3) is 0 Å². The fraction of sp³-hybridized carbons (Fsp3) is 1.00. The van der Waals surface area contributed by atoms with E-state index in [2.05, 4.69) is 24.3 Å². The van der Waals surface area contributed by atoms with Crippen LogP contribution in [0.5, 0.6) is 0 Å². The maximum atomic E-state index is 5.47. The Kier molecular flexibility index (Phi) is 4.62. The molecule has 2 unspecified atom stereocenters. The first-order chi connectivity index (χ1) is 7.77. The van der Waals surface area contributed by atoms with Crippen molar-refractivity contribution in [2.75, 3.05) is 33.9 Å². The molecule has 16 heavy (non-hydrogen) atoms. The van der Waals surface area contributed by atoms with Gasteiger partial charge in [-0.15, -0.1) is 0 Å². The van der Waals surface area contributed by atoms with Gasteiger partial charge in [0.15, 0.2) is 0 Å². The Labute approximate surface area is 99.5 Å². The zero-order valence-corrected chi connectivity index (χ0v) is 10.7. The quantitative estimate of drug-likeness (QED) is 0.786. The average Bonchev–Trinajstić information content (AvgIpc) is 2.79. The molecule has 2 rings (SSSR count). The van der Waals surface area contributed by atoms with Gasteiger partial charge in [-0.1, -0.05) is 0 Å². The topological polar surface area (TPSA) is 24.5 Å². The van der Waals surface area contributed by atoms with Crippen LogP contribution in [0.25, 0.3) is 0 Å². The van der Waals surface area contributed by atoms with Crippen molar-refractivity contribution in [1.82, 2.24) is 10.2 Å². The van der Waals surface area contributed by atoms with Crippen molar-refractivity contribution >= 4 is 0 Å². The number of hydrogen-bond acceptors (Lipinski definition) is 3. The first-order valence-electron chi connectivity index (χ1n) is 6.75. The number of rotatable bonds is 4. The van der Waals surface area contributed by atoms with Gasteiger partial charge >= 0.3 is 0 Å². The van der Waals surface area contributed by atoms with E-state index in [0.717, 1.165) is 31.2 Å². The largest absolute Gasteiger partial charge is 0.381 e.